The molecule has 0 spiro atoms. The van der Waals surface area contributed by atoms with Crippen molar-refractivity contribution in [2.24, 2.45) is 0 Å². The molecule has 0 amide bonds. The Kier molecular flexibility index (Phi) is 3.10. The number of phosphoric ester groups is 1. The number of aromatic amines is 2. The number of ether oxygens (including phenoxy) is 1. The van der Waals surface area contributed by atoms with Crippen molar-refractivity contribution in [2.75, 3.05) is 6.61 Å². The number of rotatable bonds is 1. The van der Waals surface area contributed by atoms with Gasteiger partial charge in [-0.3, -0.25) is 28.4 Å². The van der Waals surface area contributed by atoms with E-state index in [0.29, 0.717) is 0 Å². The zero-order chi connectivity index (χ0) is 16.4. The van der Waals surface area contributed by atoms with Crippen molar-refractivity contribution in [2.45, 2.75) is 24.5 Å². The lowest BCUT2D eigenvalue weighted by Crippen LogP contribution is -2.39. The van der Waals surface area contributed by atoms with E-state index in [2.05, 4.69) is 14.5 Å². The molecule has 0 bridgehead atoms. The molecule has 13 heteroatoms. The topological polar surface area (TPSA) is 169 Å². The van der Waals surface area contributed by atoms with Gasteiger partial charge in [-0.2, -0.15) is 0 Å². The zero-order valence-corrected chi connectivity index (χ0v) is 12.2. The highest BCUT2D eigenvalue weighted by molar-refractivity contribution is 7.47. The highest BCUT2D eigenvalue weighted by Crippen LogP contribution is 2.52. The highest BCUT2D eigenvalue weighted by Gasteiger charge is 2.52. The molecule has 0 saturated carbocycles. The van der Waals surface area contributed by atoms with Gasteiger partial charge in [-0.1, -0.05) is 0 Å². The van der Waals surface area contributed by atoms with E-state index in [1.54, 1.807) is 0 Å². The summed E-state index contributed by atoms with van der Waals surface area (Å²) in [5.41, 5.74) is -1.42. The molecule has 4 rings (SSSR count). The number of phosphoric acid groups is 1. The summed E-state index contributed by atoms with van der Waals surface area (Å²) in [6, 6.07) is 0. The third-order valence-electron chi connectivity index (χ3n) is 3.71. The van der Waals surface area contributed by atoms with Gasteiger partial charge in [0.25, 0.3) is 5.56 Å². The Morgan fingerprint density at radius 1 is 1.39 bits per heavy atom. The molecule has 0 radical (unpaired) electrons. The standard InChI is InChI=1S/C10H11N4O8P/c15-5-6-3(1-20-23(18,19)22-6)21-9(5)14-2-11-4-7(14)12-10(17)13-8(4)16/h2-3,5-6,9,15H,1H2,(H,18,19)(H2,12,13,16,17)/t3-,5+,6-,9-/m0/s1. The summed E-state index contributed by atoms with van der Waals surface area (Å²) in [6.07, 6.45) is -3.06. The second-order valence-electron chi connectivity index (χ2n) is 5.15. The maximum absolute atomic E-state index is 11.7. The molecule has 0 aromatic carbocycles. The Morgan fingerprint density at radius 2 is 2.17 bits per heavy atom. The number of imidazole rings is 1. The summed E-state index contributed by atoms with van der Waals surface area (Å²) in [6.45, 7) is -0.240. The van der Waals surface area contributed by atoms with Crippen molar-refractivity contribution in [1.29, 1.82) is 0 Å². The van der Waals surface area contributed by atoms with Gasteiger partial charge in [0.2, 0.25) is 0 Å². The molecule has 2 saturated heterocycles. The molecular formula is C10H11N4O8P. The number of nitrogens with one attached hydrogen (secondary N) is 2. The first-order valence-corrected chi connectivity index (χ1v) is 8.04. The fourth-order valence-electron chi connectivity index (χ4n) is 2.71. The molecule has 2 aromatic rings. The summed E-state index contributed by atoms with van der Waals surface area (Å²) >= 11 is 0. The number of aliphatic hydroxyl groups is 1. The van der Waals surface area contributed by atoms with E-state index >= 15 is 0 Å². The normalized spacial score (nSPS) is 37.1. The van der Waals surface area contributed by atoms with Gasteiger partial charge in [0.15, 0.2) is 11.7 Å². The highest BCUT2D eigenvalue weighted by atomic mass is 31.2. The first-order valence-electron chi connectivity index (χ1n) is 6.54. The van der Waals surface area contributed by atoms with Crippen LogP contribution >= 0.6 is 7.82 Å². The average Bonchev–Trinajstić information content (AvgIpc) is 3.00. The monoisotopic (exact) mass is 346 g/mol. The summed E-state index contributed by atoms with van der Waals surface area (Å²) in [5, 5.41) is 10.3. The molecular weight excluding hydrogens is 335 g/mol. The van der Waals surface area contributed by atoms with Crippen molar-refractivity contribution < 1.29 is 28.3 Å². The molecule has 4 heterocycles. The van der Waals surface area contributed by atoms with Crippen molar-refractivity contribution in [3.63, 3.8) is 0 Å². The largest absolute Gasteiger partial charge is 0.472 e. The first kappa shape index (κ1) is 14.8. The SMILES string of the molecule is O=c1[nH]c(=O)c2ncn([C@H]3O[C@H]4COP(=O)(O)O[C@@H]4[C@H]3O)c2[nH]1. The maximum atomic E-state index is 11.7. The van der Waals surface area contributed by atoms with E-state index in [0.717, 1.165) is 0 Å². The van der Waals surface area contributed by atoms with Crippen molar-refractivity contribution in [3.05, 3.63) is 27.2 Å². The predicted molar refractivity (Wildman–Crippen MR) is 71.5 cm³/mol. The first-order chi connectivity index (χ1) is 10.9. The minimum Gasteiger partial charge on any atom is -0.386 e. The van der Waals surface area contributed by atoms with Crippen molar-refractivity contribution >= 4 is 19.0 Å². The van der Waals surface area contributed by atoms with E-state index in [9.17, 15) is 24.2 Å². The molecule has 2 aliphatic heterocycles. The van der Waals surface area contributed by atoms with Crippen LogP contribution in [0.1, 0.15) is 6.23 Å². The number of H-pyrrole nitrogens is 2. The second kappa shape index (κ2) is 4.84. The van der Waals surface area contributed by atoms with Gasteiger partial charge in [-0.15, -0.1) is 0 Å². The lowest BCUT2D eigenvalue weighted by molar-refractivity contribution is -0.0664. The van der Waals surface area contributed by atoms with Crippen LogP contribution in [0, 0.1) is 0 Å². The van der Waals surface area contributed by atoms with E-state index in [4.69, 9.17) is 9.26 Å². The number of nitrogens with zero attached hydrogens (tertiary/aromatic N) is 2. The number of hydrogen-bond acceptors (Lipinski definition) is 8. The number of hydrogen-bond donors (Lipinski definition) is 4. The summed E-state index contributed by atoms with van der Waals surface area (Å²) in [4.78, 5) is 40.7. The Balaban J connectivity index is 1.76. The molecule has 4 N–H and O–H groups in total. The van der Waals surface area contributed by atoms with Gasteiger partial charge in [0.1, 0.15) is 24.0 Å². The van der Waals surface area contributed by atoms with E-state index in [1.165, 1.54) is 10.9 Å². The van der Waals surface area contributed by atoms with Gasteiger partial charge >= 0.3 is 13.5 Å². The molecule has 1 unspecified atom stereocenters. The van der Waals surface area contributed by atoms with Crippen LogP contribution in [0.5, 0.6) is 0 Å². The third kappa shape index (κ3) is 2.27. The Bertz CT molecular complexity index is 933. The van der Waals surface area contributed by atoms with Crippen LogP contribution in [-0.4, -0.2) is 54.4 Å². The molecule has 23 heavy (non-hydrogen) atoms. The van der Waals surface area contributed by atoms with Gasteiger partial charge in [-0.05, 0) is 0 Å². The number of aromatic nitrogens is 4. The van der Waals surface area contributed by atoms with Crippen LogP contribution in [0.15, 0.2) is 15.9 Å². The van der Waals surface area contributed by atoms with Crippen LogP contribution in [0.25, 0.3) is 11.2 Å². The molecule has 5 atom stereocenters. The van der Waals surface area contributed by atoms with E-state index in [1.807, 2.05) is 4.98 Å². The average molecular weight is 346 g/mol. The lowest BCUT2D eigenvalue weighted by Gasteiger charge is -2.27. The quantitative estimate of drug-likeness (QED) is 0.435. The van der Waals surface area contributed by atoms with E-state index < -0.39 is 43.6 Å². The van der Waals surface area contributed by atoms with E-state index in [-0.39, 0.29) is 17.8 Å². The number of aliphatic hydroxyl groups excluding tert-OH is 1. The third-order valence-corrected chi connectivity index (χ3v) is 4.69. The fraction of sp³-hybridized carbons (Fsp3) is 0.500. The van der Waals surface area contributed by atoms with Gasteiger partial charge in [0, 0.05) is 0 Å². The molecule has 2 aromatic heterocycles. The van der Waals surface area contributed by atoms with Crippen molar-refractivity contribution in [3.8, 4) is 0 Å². The molecule has 124 valence electrons. The minimum absolute atomic E-state index is 0.0414. The molecule has 12 nitrogen and oxygen atoms in total. The second-order valence-corrected chi connectivity index (χ2v) is 6.55. The maximum Gasteiger partial charge on any atom is 0.472 e. The van der Waals surface area contributed by atoms with Gasteiger partial charge in [0.05, 0.1) is 12.9 Å². The fourth-order valence-corrected chi connectivity index (χ4v) is 3.67. The summed E-state index contributed by atoms with van der Waals surface area (Å²) < 4.78 is 27.7. The smallest absolute Gasteiger partial charge is 0.386 e. The van der Waals surface area contributed by atoms with Crippen LogP contribution in [0.4, 0.5) is 0 Å². The van der Waals surface area contributed by atoms with Crippen LogP contribution in [-0.2, 0) is 18.3 Å². The summed E-state index contributed by atoms with van der Waals surface area (Å²) in [7, 11) is -4.24. The van der Waals surface area contributed by atoms with Crippen molar-refractivity contribution in [1.82, 2.24) is 19.5 Å². The van der Waals surface area contributed by atoms with Gasteiger partial charge in [-0.25, -0.2) is 14.3 Å². The Labute approximate surface area is 126 Å². The van der Waals surface area contributed by atoms with Crippen LogP contribution in [0.3, 0.4) is 0 Å². The Morgan fingerprint density at radius 3 is 2.96 bits per heavy atom. The van der Waals surface area contributed by atoms with Crippen LogP contribution in [0.2, 0.25) is 0 Å². The predicted octanol–water partition coefficient (Wildman–Crippen LogP) is -1.81. The summed E-state index contributed by atoms with van der Waals surface area (Å²) in [5.74, 6) is 0. The minimum atomic E-state index is -4.24. The number of fused-ring (bicyclic) bond motifs is 2. The van der Waals surface area contributed by atoms with Crippen LogP contribution < -0.4 is 11.2 Å². The molecule has 2 aliphatic rings. The lowest BCUT2D eigenvalue weighted by atomic mass is 10.1. The Hall–Kier alpha value is -1.82. The molecule has 2 fully saturated rings. The zero-order valence-electron chi connectivity index (χ0n) is 11.3. The van der Waals surface area contributed by atoms with Gasteiger partial charge < -0.3 is 14.7 Å². The molecule has 0 aliphatic carbocycles.